The third-order valence-corrected chi connectivity index (χ3v) is 5.18. The first-order valence-corrected chi connectivity index (χ1v) is 10.0. The van der Waals surface area contributed by atoms with Crippen LogP contribution in [0.15, 0.2) is 5.70 Å². The van der Waals surface area contributed by atoms with Crippen LogP contribution in [0.1, 0.15) is 47.4 Å². The lowest BCUT2D eigenvalue weighted by Gasteiger charge is -2.25. The second kappa shape index (κ2) is 10.3. The lowest BCUT2D eigenvalue weighted by Crippen LogP contribution is -2.28. The average molecular weight is 517 g/mol. The largest absolute Gasteiger partial charge is 0.465 e. The first-order chi connectivity index (χ1) is 17.6. The molecular weight excluding hydrogens is 498 g/mol. The normalized spacial score (nSPS) is 11.7. The van der Waals surface area contributed by atoms with Crippen LogP contribution in [0.3, 0.4) is 0 Å². The maximum Gasteiger partial charge on any atom is 0.357 e. The minimum Gasteiger partial charge on any atom is -0.465 e. The van der Waals surface area contributed by atoms with Gasteiger partial charge in [0.2, 0.25) is 0 Å². The van der Waals surface area contributed by atoms with Gasteiger partial charge in [-0.2, -0.15) is 0 Å². The fourth-order valence-electron chi connectivity index (χ4n) is 3.59. The summed E-state index contributed by atoms with van der Waals surface area (Å²) in [6, 6.07) is 0. The van der Waals surface area contributed by atoms with Crippen molar-refractivity contribution in [3.63, 3.8) is 0 Å². The summed E-state index contributed by atoms with van der Waals surface area (Å²) in [4.78, 5) is 84.7. The van der Waals surface area contributed by atoms with E-state index in [1.807, 2.05) is 0 Å². The highest BCUT2D eigenvalue weighted by molar-refractivity contribution is 6.31. The predicted molar refractivity (Wildman–Crippen MR) is 119 cm³/mol. The van der Waals surface area contributed by atoms with Gasteiger partial charge in [-0.05, 0) is 0 Å². The smallest absolute Gasteiger partial charge is 0.357 e. The summed E-state index contributed by atoms with van der Waals surface area (Å²) < 4.78 is 28.5. The van der Waals surface area contributed by atoms with Crippen LogP contribution in [-0.4, -0.2) is 88.4 Å². The minimum absolute atomic E-state index is 0.228. The van der Waals surface area contributed by atoms with Crippen molar-refractivity contribution in [3.05, 3.63) is 33.9 Å². The predicted octanol–water partition coefficient (Wildman–Crippen LogP) is 0.259. The second-order valence-electron chi connectivity index (χ2n) is 6.94. The van der Waals surface area contributed by atoms with Gasteiger partial charge in [-0.1, -0.05) is 0 Å². The van der Waals surface area contributed by atoms with Gasteiger partial charge in [0.1, 0.15) is 22.4 Å². The van der Waals surface area contributed by atoms with Gasteiger partial charge in [0.25, 0.3) is 0 Å². The molecule has 2 aromatic rings. The summed E-state index contributed by atoms with van der Waals surface area (Å²) in [6.45, 7) is 0. The van der Waals surface area contributed by atoms with E-state index in [1.165, 1.54) is 0 Å². The van der Waals surface area contributed by atoms with Crippen LogP contribution in [0, 0.1) is 0 Å². The molecule has 0 radical (unpaired) electrons. The molecule has 15 nitrogen and oxygen atoms in total. The number of nitrogens with zero attached hydrogens (tertiary/aromatic N) is 2. The number of pyridine rings is 2. The lowest BCUT2D eigenvalue weighted by atomic mass is 9.93. The molecule has 1 N–H and O–H groups in total. The van der Waals surface area contributed by atoms with Crippen LogP contribution >= 0.6 is 0 Å². The van der Waals surface area contributed by atoms with Crippen molar-refractivity contribution in [3.8, 4) is 0 Å². The monoisotopic (exact) mass is 517 g/mol. The summed E-state index contributed by atoms with van der Waals surface area (Å²) in [5.74, 6) is -6.74. The van der Waals surface area contributed by atoms with Gasteiger partial charge in [-0.3, -0.25) is 0 Å². The van der Waals surface area contributed by atoms with Crippen molar-refractivity contribution >= 4 is 58.0 Å². The van der Waals surface area contributed by atoms with Gasteiger partial charge >= 0.3 is 35.8 Å². The quantitative estimate of drug-likeness (QED) is 0.404. The molecule has 0 spiro atoms. The van der Waals surface area contributed by atoms with Crippen LogP contribution in [0.5, 0.6) is 0 Å². The number of hydrogen-bond donors (Lipinski definition) is 1. The fourth-order valence-corrected chi connectivity index (χ4v) is 3.59. The van der Waals surface area contributed by atoms with Crippen LogP contribution in [0.4, 0.5) is 5.69 Å². The molecule has 37 heavy (non-hydrogen) atoms. The third-order valence-electron chi connectivity index (χ3n) is 5.18. The van der Waals surface area contributed by atoms with E-state index in [1.54, 1.807) is 0 Å². The van der Waals surface area contributed by atoms with Gasteiger partial charge in [0.15, 0.2) is 11.4 Å². The number of hydrogen-bond acceptors (Lipinski definition) is 15. The number of ether oxygens (including phenoxy) is 6. The molecule has 3 heterocycles. The topological polar surface area (TPSA) is 196 Å². The molecule has 0 aromatic carbocycles. The molecule has 1 aliphatic heterocycles. The Morgan fingerprint density at radius 3 is 1.51 bits per heavy atom. The van der Waals surface area contributed by atoms with E-state index in [0.717, 1.165) is 42.7 Å². The Balaban J connectivity index is 2.75. The summed E-state index contributed by atoms with van der Waals surface area (Å²) >= 11 is 0. The maximum absolute atomic E-state index is 12.8. The Kier molecular flexibility index (Phi) is 7.36. The Hall–Kier alpha value is -5.08. The lowest BCUT2D eigenvalue weighted by molar-refractivity contribution is -0.137. The first kappa shape index (κ1) is 26.5. The van der Waals surface area contributed by atoms with Gasteiger partial charge in [-0.25, -0.2) is 38.7 Å². The molecule has 0 amide bonds. The van der Waals surface area contributed by atoms with Crippen molar-refractivity contribution < 1.29 is 57.2 Å². The Bertz CT molecular complexity index is 1430. The van der Waals surface area contributed by atoms with Crippen LogP contribution in [0.25, 0.3) is 16.5 Å². The molecular formula is C22H19N3O12. The highest BCUT2D eigenvalue weighted by atomic mass is 16.5. The molecule has 0 atom stereocenters. The molecule has 0 bridgehead atoms. The number of aromatic nitrogens is 2. The Labute approximate surface area is 207 Å². The highest BCUT2D eigenvalue weighted by Gasteiger charge is 2.40. The van der Waals surface area contributed by atoms with Crippen molar-refractivity contribution in [1.82, 2.24) is 9.97 Å². The molecule has 0 saturated heterocycles. The first-order valence-electron chi connectivity index (χ1n) is 10.0. The standard InChI is InChI=1S/C22H19N3O12/c1-32-17(26)8-11-7-12(24-14(8)20(29)35-4)9(18(27)33-2)16(22(31)37-6)25-13(7)10(19(28)34-3)15(23-11)21(30)36-5/h23H,1-6H3. The van der Waals surface area contributed by atoms with E-state index in [-0.39, 0.29) is 11.1 Å². The molecule has 194 valence electrons. The molecule has 0 saturated carbocycles. The fraction of sp³-hybridized carbons (Fsp3) is 0.273. The van der Waals surface area contributed by atoms with Crippen molar-refractivity contribution in [2.24, 2.45) is 0 Å². The molecule has 0 fully saturated rings. The molecule has 1 aliphatic rings. The van der Waals surface area contributed by atoms with Crippen LogP contribution in [0.2, 0.25) is 0 Å². The number of nitrogens with one attached hydrogen (secondary N) is 1. The number of rotatable bonds is 6. The van der Waals surface area contributed by atoms with E-state index in [4.69, 9.17) is 28.4 Å². The summed E-state index contributed by atoms with van der Waals surface area (Å²) in [5.41, 5.74) is -4.69. The molecule has 0 aliphatic carbocycles. The van der Waals surface area contributed by atoms with Crippen molar-refractivity contribution in [2.45, 2.75) is 0 Å². The van der Waals surface area contributed by atoms with E-state index < -0.39 is 80.8 Å². The molecule has 3 rings (SSSR count). The summed E-state index contributed by atoms with van der Waals surface area (Å²) in [6.07, 6.45) is 0. The Morgan fingerprint density at radius 1 is 0.568 bits per heavy atom. The van der Waals surface area contributed by atoms with E-state index in [2.05, 4.69) is 15.3 Å². The number of anilines is 1. The highest BCUT2D eigenvalue weighted by Crippen LogP contribution is 2.42. The van der Waals surface area contributed by atoms with E-state index in [9.17, 15) is 28.8 Å². The molecule has 15 heteroatoms. The molecule has 0 unspecified atom stereocenters. The second-order valence-corrected chi connectivity index (χ2v) is 6.94. The minimum atomic E-state index is -1.15. The van der Waals surface area contributed by atoms with Gasteiger partial charge < -0.3 is 33.7 Å². The number of carbonyl (C=O) groups excluding carboxylic acids is 6. The number of methoxy groups -OCH3 is 6. The Morgan fingerprint density at radius 2 is 1.03 bits per heavy atom. The zero-order valence-electron chi connectivity index (χ0n) is 20.3. The maximum atomic E-state index is 12.8. The van der Waals surface area contributed by atoms with E-state index in [0.29, 0.717) is 0 Å². The summed E-state index contributed by atoms with van der Waals surface area (Å²) in [5, 5.41) is 2.35. The van der Waals surface area contributed by atoms with Crippen LogP contribution < -0.4 is 5.32 Å². The van der Waals surface area contributed by atoms with Crippen molar-refractivity contribution in [1.29, 1.82) is 0 Å². The zero-order valence-corrected chi connectivity index (χ0v) is 20.3. The number of carbonyl (C=O) groups is 6. The molecule has 2 aromatic heterocycles. The van der Waals surface area contributed by atoms with Crippen molar-refractivity contribution in [2.75, 3.05) is 48.0 Å². The van der Waals surface area contributed by atoms with E-state index >= 15 is 0 Å². The van der Waals surface area contributed by atoms with Gasteiger partial charge in [-0.15, -0.1) is 0 Å². The SMILES string of the molecule is COC(=O)C1=C(C(=O)OC)c2nc(C(=O)OC)c(C(=O)OC)c3nc(C(=O)OC)c(C(=O)OC)c(c23)N1. The third kappa shape index (κ3) is 4.15. The van der Waals surface area contributed by atoms with Crippen LogP contribution in [-0.2, 0) is 38.0 Å². The van der Waals surface area contributed by atoms with Gasteiger partial charge in [0.05, 0.1) is 64.9 Å². The zero-order chi connectivity index (χ0) is 27.6. The number of esters is 6. The average Bonchev–Trinajstić information content (AvgIpc) is 2.93. The van der Waals surface area contributed by atoms with Gasteiger partial charge in [0, 0.05) is 0 Å². The summed E-state index contributed by atoms with van der Waals surface area (Å²) in [7, 11) is 6.05.